The van der Waals surface area contributed by atoms with Crippen LogP contribution in [0.3, 0.4) is 0 Å². The minimum atomic E-state index is -0.942. The zero-order chi connectivity index (χ0) is 27.1. The van der Waals surface area contributed by atoms with Crippen LogP contribution in [0.4, 0.5) is 4.79 Å². The first-order valence-electron chi connectivity index (χ1n) is 13.0. The van der Waals surface area contributed by atoms with Gasteiger partial charge >= 0.3 is 6.09 Å². The number of hydrogen-bond acceptors (Lipinski definition) is 5. The second-order valence-electron chi connectivity index (χ2n) is 9.90. The third-order valence-corrected chi connectivity index (χ3v) is 5.92. The fraction of sp³-hybridized carbons (Fsp3) is 0.607. The van der Waals surface area contributed by atoms with Crippen molar-refractivity contribution in [2.75, 3.05) is 18.8 Å². The number of carbonyl (C=O) groups excluding carboxylic acids is 3. The van der Waals surface area contributed by atoms with Crippen LogP contribution in [0.2, 0.25) is 0 Å². The SMILES string of the molecule is C=Cc1cccc(C(C(=O)NCCCC)N(CCCCCC)C(=O)C(CS)NC(=O)OC(C)(C)C)c1. The molecule has 0 fully saturated rings. The molecule has 1 rings (SSSR count). The van der Waals surface area contributed by atoms with Gasteiger partial charge in [0, 0.05) is 18.8 Å². The summed E-state index contributed by atoms with van der Waals surface area (Å²) in [6.07, 6.45) is 6.56. The number of rotatable bonds is 15. The molecule has 0 aromatic heterocycles. The molecule has 3 amide bonds. The van der Waals surface area contributed by atoms with Crippen LogP contribution in [-0.2, 0) is 14.3 Å². The van der Waals surface area contributed by atoms with Gasteiger partial charge in [0.2, 0.25) is 11.8 Å². The summed E-state index contributed by atoms with van der Waals surface area (Å²) in [5.74, 6) is -0.545. The van der Waals surface area contributed by atoms with Crippen molar-refractivity contribution in [1.29, 1.82) is 0 Å². The zero-order valence-corrected chi connectivity index (χ0v) is 23.5. The Hall–Kier alpha value is -2.48. The average molecular weight is 520 g/mol. The maximum absolute atomic E-state index is 13.8. The second kappa shape index (κ2) is 16.3. The van der Waals surface area contributed by atoms with Gasteiger partial charge in [-0.15, -0.1) is 0 Å². The molecular formula is C28H45N3O4S. The summed E-state index contributed by atoms with van der Waals surface area (Å²) in [5.41, 5.74) is 0.844. The number of hydrogen-bond donors (Lipinski definition) is 3. The highest BCUT2D eigenvalue weighted by molar-refractivity contribution is 7.80. The van der Waals surface area contributed by atoms with Crippen molar-refractivity contribution in [3.63, 3.8) is 0 Å². The van der Waals surface area contributed by atoms with E-state index in [1.165, 1.54) is 0 Å². The third-order valence-electron chi connectivity index (χ3n) is 5.56. The minimum absolute atomic E-state index is 0.0698. The standard InChI is InChI=1S/C28H45N3O4S/c1-7-10-12-13-18-31(26(33)23(20-36)30-27(34)35-28(4,5)6)24(25(32)29-17-11-8-2)22-16-14-15-21(9-3)19-22/h9,14-16,19,23-24,36H,3,7-8,10-13,17-18,20H2,1-2,4-6H3,(H,29,32)(H,30,34). The molecule has 202 valence electrons. The van der Waals surface area contributed by atoms with E-state index in [1.807, 2.05) is 24.3 Å². The molecule has 2 unspecified atom stereocenters. The Morgan fingerprint density at radius 3 is 2.39 bits per heavy atom. The van der Waals surface area contributed by atoms with E-state index < -0.39 is 23.8 Å². The highest BCUT2D eigenvalue weighted by atomic mass is 32.1. The van der Waals surface area contributed by atoms with E-state index in [0.29, 0.717) is 18.7 Å². The number of benzene rings is 1. The Kier molecular flexibility index (Phi) is 14.3. The number of ether oxygens (including phenoxy) is 1. The fourth-order valence-corrected chi connectivity index (χ4v) is 3.97. The third kappa shape index (κ3) is 11.1. The first-order chi connectivity index (χ1) is 17.1. The maximum atomic E-state index is 13.8. The van der Waals surface area contributed by atoms with Crippen LogP contribution in [0.25, 0.3) is 6.08 Å². The molecule has 0 radical (unpaired) electrons. The van der Waals surface area contributed by atoms with Crippen molar-refractivity contribution in [2.24, 2.45) is 0 Å². The predicted octanol–water partition coefficient (Wildman–Crippen LogP) is 5.52. The number of nitrogens with zero attached hydrogens (tertiary/aromatic N) is 1. The molecule has 1 aromatic rings. The van der Waals surface area contributed by atoms with Crippen LogP contribution in [0, 0.1) is 0 Å². The molecule has 0 aliphatic rings. The molecule has 1 aromatic carbocycles. The van der Waals surface area contributed by atoms with Crippen molar-refractivity contribution in [1.82, 2.24) is 15.5 Å². The summed E-state index contributed by atoms with van der Waals surface area (Å²) in [4.78, 5) is 41.4. The van der Waals surface area contributed by atoms with Gasteiger partial charge in [0.1, 0.15) is 17.7 Å². The Morgan fingerprint density at radius 2 is 1.81 bits per heavy atom. The van der Waals surface area contributed by atoms with Crippen molar-refractivity contribution in [3.8, 4) is 0 Å². The van der Waals surface area contributed by atoms with Gasteiger partial charge in [-0.25, -0.2) is 4.79 Å². The maximum Gasteiger partial charge on any atom is 0.408 e. The normalized spacial score (nSPS) is 12.8. The first kappa shape index (κ1) is 31.5. The second-order valence-corrected chi connectivity index (χ2v) is 10.3. The van der Waals surface area contributed by atoms with E-state index in [1.54, 1.807) is 31.7 Å². The van der Waals surface area contributed by atoms with Crippen molar-refractivity contribution >= 4 is 36.6 Å². The van der Waals surface area contributed by atoms with Crippen LogP contribution in [0.15, 0.2) is 30.8 Å². The summed E-state index contributed by atoms with van der Waals surface area (Å²) in [5, 5.41) is 5.64. The smallest absolute Gasteiger partial charge is 0.408 e. The van der Waals surface area contributed by atoms with Gasteiger partial charge in [0.15, 0.2) is 0 Å². The number of nitrogens with one attached hydrogen (secondary N) is 2. The lowest BCUT2D eigenvalue weighted by Gasteiger charge is -2.34. The van der Waals surface area contributed by atoms with E-state index in [-0.39, 0.29) is 17.6 Å². The Labute approximate surface area is 222 Å². The fourth-order valence-electron chi connectivity index (χ4n) is 3.72. The molecule has 0 aliphatic heterocycles. The molecule has 8 heteroatoms. The van der Waals surface area contributed by atoms with E-state index in [0.717, 1.165) is 44.1 Å². The van der Waals surface area contributed by atoms with Gasteiger partial charge < -0.3 is 20.3 Å². The van der Waals surface area contributed by atoms with Crippen LogP contribution in [0.1, 0.15) is 90.3 Å². The molecule has 7 nitrogen and oxygen atoms in total. The lowest BCUT2D eigenvalue weighted by Crippen LogP contribution is -2.54. The molecular weight excluding hydrogens is 474 g/mol. The van der Waals surface area contributed by atoms with Crippen LogP contribution in [0.5, 0.6) is 0 Å². The molecule has 0 aliphatic carbocycles. The van der Waals surface area contributed by atoms with Crippen molar-refractivity contribution < 1.29 is 19.1 Å². The van der Waals surface area contributed by atoms with Gasteiger partial charge in [-0.1, -0.05) is 70.4 Å². The van der Waals surface area contributed by atoms with Crippen molar-refractivity contribution in [2.45, 2.75) is 90.8 Å². The van der Waals surface area contributed by atoms with Gasteiger partial charge in [-0.2, -0.15) is 12.6 Å². The lowest BCUT2D eigenvalue weighted by atomic mass is 10.00. The average Bonchev–Trinajstić information content (AvgIpc) is 2.83. The van der Waals surface area contributed by atoms with Crippen LogP contribution in [-0.4, -0.2) is 53.3 Å². The van der Waals surface area contributed by atoms with E-state index >= 15 is 0 Å². The Balaban J connectivity index is 3.38. The highest BCUT2D eigenvalue weighted by Crippen LogP contribution is 2.25. The van der Waals surface area contributed by atoms with Crippen molar-refractivity contribution in [3.05, 3.63) is 42.0 Å². The lowest BCUT2D eigenvalue weighted by molar-refractivity contribution is -0.142. The molecule has 36 heavy (non-hydrogen) atoms. The molecule has 0 bridgehead atoms. The van der Waals surface area contributed by atoms with Crippen LogP contribution >= 0.6 is 12.6 Å². The summed E-state index contributed by atoms with van der Waals surface area (Å²) < 4.78 is 5.36. The van der Waals surface area contributed by atoms with E-state index in [4.69, 9.17) is 4.74 Å². The van der Waals surface area contributed by atoms with Gasteiger partial charge in [0.25, 0.3) is 0 Å². The number of thiol groups is 1. The number of carbonyl (C=O) groups is 3. The molecule has 0 saturated heterocycles. The van der Waals surface area contributed by atoms with Gasteiger partial charge in [-0.3, -0.25) is 9.59 Å². The largest absolute Gasteiger partial charge is 0.444 e. The van der Waals surface area contributed by atoms with Gasteiger partial charge in [0.05, 0.1) is 0 Å². The van der Waals surface area contributed by atoms with Crippen LogP contribution < -0.4 is 10.6 Å². The molecule has 2 atom stereocenters. The summed E-state index contributed by atoms with van der Waals surface area (Å²) >= 11 is 4.34. The molecule has 0 spiro atoms. The first-order valence-corrected chi connectivity index (χ1v) is 13.6. The Bertz CT molecular complexity index is 853. The molecule has 0 heterocycles. The number of amides is 3. The number of alkyl carbamates (subject to hydrolysis) is 1. The van der Waals surface area contributed by atoms with E-state index in [2.05, 4.69) is 43.7 Å². The Morgan fingerprint density at radius 1 is 1.11 bits per heavy atom. The van der Waals surface area contributed by atoms with E-state index in [9.17, 15) is 14.4 Å². The topological polar surface area (TPSA) is 87.7 Å². The quantitative estimate of drug-likeness (QED) is 0.210. The summed E-state index contributed by atoms with van der Waals surface area (Å²) in [6, 6.07) is 5.69. The predicted molar refractivity (Wildman–Crippen MR) is 150 cm³/mol. The van der Waals surface area contributed by atoms with Gasteiger partial charge in [-0.05, 0) is 50.8 Å². The minimum Gasteiger partial charge on any atom is -0.444 e. The summed E-state index contributed by atoms with van der Waals surface area (Å²) in [6.45, 7) is 14.2. The molecule has 0 saturated carbocycles. The molecule has 2 N–H and O–H groups in total. The monoisotopic (exact) mass is 519 g/mol. The summed E-state index contributed by atoms with van der Waals surface area (Å²) in [7, 11) is 0. The number of unbranched alkanes of at least 4 members (excludes halogenated alkanes) is 4. The zero-order valence-electron chi connectivity index (χ0n) is 22.6. The highest BCUT2D eigenvalue weighted by Gasteiger charge is 2.35.